The summed E-state index contributed by atoms with van der Waals surface area (Å²) in [6.07, 6.45) is 0. The SMILES string of the molecule is COc1ccc(C(=O)Nc2cc(C)ccc2C)cc1COc1ccccc1C. The van der Waals surface area contributed by atoms with E-state index in [0.717, 1.165) is 33.7 Å². The fraction of sp³-hybridized carbons (Fsp3) is 0.208. The van der Waals surface area contributed by atoms with Crippen molar-refractivity contribution in [2.45, 2.75) is 27.4 Å². The first-order chi connectivity index (χ1) is 13.5. The Kier molecular flexibility index (Phi) is 5.99. The Balaban J connectivity index is 1.80. The highest BCUT2D eigenvalue weighted by Crippen LogP contribution is 2.25. The smallest absolute Gasteiger partial charge is 0.255 e. The van der Waals surface area contributed by atoms with Crippen LogP contribution >= 0.6 is 0 Å². The second-order valence-corrected chi connectivity index (χ2v) is 6.85. The van der Waals surface area contributed by atoms with Crippen LogP contribution in [0.5, 0.6) is 11.5 Å². The van der Waals surface area contributed by atoms with Crippen molar-refractivity contribution in [2.75, 3.05) is 12.4 Å². The summed E-state index contributed by atoms with van der Waals surface area (Å²) >= 11 is 0. The van der Waals surface area contributed by atoms with E-state index >= 15 is 0 Å². The Hall–Kier alpha value is -3.27. The van der Waals surface area contributed by atoms with Gasteiger partial charge in [0.15, 0.2) is 0 Å². The van der Waals surface area contributed by atoms with Crippen molar-refractivity contribution in [2.24, 2.45) is 0 Å². The minimum atomic E-state index is -0.159. The molecule has 0 saturated carbocycles. The summed E-state index contributed by atoms with van der Waals surface area (Å²) in [5, 5.41) is 2.99. The molecule has 0 spiro atoms. The maximum atomic E-state index is 12.8. The Bertz CT molecular complexity index is 995. The molecular weight excluding hydrogens is 350 g/mol. The summed E-state index contributed by atoms with van der Waals surface area (Å²) in [5.41, 5.74) is 5.38. The van der Waals surface area contributed by atoms with Crippen molar-refractivity contribution in [3.05, 3.63) is 88.5 Å². The Morgan fingerprint density at radius 2 is 1.68 bits per heavy atom. The molecule has 0 aromatic heterocycles. The van der Waals surface area contributed by atoms with Crippen molar-refractivity contribution < 1.29 is 14.3 Å². The molecule has 0 saturated heterocycles. The molecule has 0 unspecified atom stereocenters. The molecule has 3 rings (SSSR count). The van der Waals surface area contributed by atoms with Gasteiger partial charge in [0.2, 0.25) is 0 Å². The van der Waals surface area contributed by atoms with Crippen LogP contribution < -0.4 is 14.8 Å². The van der Waals surface area contributed by atoms with E-state index in [0.29, 0.717) is 17.9 Å². The fourth-order valence-corrected chi connectivity index (χ4v) is 2.97. The third-order valence-corrected chi connectivity index (χ3v) is 4.66. The Morgan fingerprint density at radius 3 is 2.43 bits per heavy atom. The number of carbonyl (C=O) groups is 1. The number of para-hydroxylation sites is 1. The van der Waals surface area contributed by atoms with Gasteiger partial charge in [0, 0.05) is 16.8 Å². The lowest BCUT2D eigenvalue weighted by atomic mass is 10.1. The molecule has 4 nitrogen and oxygen atoms in total. The fourth-order valence-electron chi connectivity index (χ4n) is 2.97. The standard InChI is InChI=1S/C24H25NO3/c1-16-9-10-17(2)21(13-16)25-24(26)19-11-12-23(27-4)20(14-19)15-28-22-8-6-5-7-18(22)3/h5-14H,15H2,1-4H3,(H,25,26). The average molecular weight is 375 g/mol. The van der Waals surface area contributed by atoms with Crippen LogP contribution in [-0.2, 0) is 6.61 Å². The van der Waals surface area contributed by atoms with Crippen molar-refractivity contribution in [3.63, 3.8) is 0 Å². The number of anilines is 1. The number of hydrogen-bond acceptors (Lipinski definition) is 3. The van der Waals surface area contributed by atoms with Crippen LogP contribution in [-0.4, -0.2) is 13.0 Å². The molecule has 0 aliphatic carbocycles. The van der Waals surface area contributed by atoms with Crippen molar-refractivity contribution >= 4 is 11.6 Å². The predicted octanol–water partition coefficient (Wildman–Crippen LogP) is 5.45. The molecule has 0 atom stereocenters. The zero-order valence-electron chi connectivity index (χ0n) is 16.7. The van der Waals surface area contributed by atoms with E-state index in [2.05, 4.69) is 5.32 Å². The zero-order valence-corrected chi connectivity index (χ0v) is 16.7. The number of benzene rings is 3. The summed E-state index contributed by atoms with van der Waals surface area (Å²) in [4.78, 5) is 12.8. The molecule has 0 bridgehead atoms. The molecule has 3 aromatic carbocycles. The van der Waals surface area contributed by atoms with Crippen molar-refractivity contribution in [1.82, 2.24) is 0 Å². The van der Waals surface area contributed by atoms with E-state index in [4.69, 9.17) is 9.47 Å². The highest BCUT2D eigenvalue weighted by atomic mass is 16.5. The second-order valence-electron chi connectivity index (χ2n) is 6.85. The highest BCUT2D eigenvalue weighted by Gasteiger charge is 2.13. The second kappa shape index (κ2) is 8.61. The predicted molar refractivity (Wildman–Crippen MR) is 112 cm³/mol. The molecule has 0 aliphatic rings. The normalized spacial score (nSPS) is 10.4. The Morgan fingerprint density at radius 1 is 0.893 bits per heavy atom. The molecule has 3 aromatic rings. The highest BCUT2D eigenvalue weighted by molar-refractivity contribution is 6.04. The molecule has 1 N–H and O–H groups in total. The van der Waals surface area contributed by atoms with Crippen LogP contribution in [0, 0.1) is 20.8 Å². The monoisotopic (exact) mass is 375 g/mol. The minimum absolute atomic E-state index is 0.159. The molecule has 0 fully saturated rings. The summed E-state index contributed by atoms with van der Waals surface area (Å²) < 4.78 is 11.4. The maximum Gasteiger partial charge on any atom is 0.255 e. The van der Waals surface area contributed by atoms with Crippen LogP contribution in [0.2, 0.25) is 0 Å². The summed E-state index contributed by atoms with van der Waals surface area (Å²) in [6, 6.07) is 19.2. The number of carbonyl (C=O) groups excluding carboxylic acids is 1. The summed E-state index contributed by atoms with van der Waals surface area (Å²) in [5.74, 6) is 1.35. The molecule has 0 heterocycles. The van der Waals surface area contributed by atoms with Gasteiger partial charge in [-0.2, -0.15) is 0 Å². The first-order valence-electron chi connectivity index (χ1n) is 9.22. The van der Waals surface area contributed by atoms with E-state index in [1.807, 2.05) is 69.3 Å². The van der Waals surface area contributed by atoms with Gasteiger partial charge in [0.1, 0.15) is 18.1 Å². The molecule has 4 heteroatoms. The number of ether oxygens (including phenoxy) is 2. The summed E-state index contributed by atoms with van der Waals surface area (Å²) in [7, 11) is 1.61. The van der Waals surface area contributed by atoms with E-state index < -0.39 is 0 Å². The van der Waals surface area contributed by atoms with Crippen LogP contribution in [0.15, 0.2) is 60.7 Å². The van der Waals surface area contributed by atoms with Crippen LogP contribution in [0.4, 0.5) is 5.69 Å². The lowest BCUT2D eigenvalue weighted by molar-refractivity contribution is 0.102. The minimum Gasteiger partial charge on any atom is -0.496 e. The number of amides is 1. The maximum absolute atomic E-state index is 12.8. The molecule has 28 heavy (non-hydrogen) atoms. The van der Waals surface area contributed by atoms with Gasteiger partial charge in [-0.1, -0.05) is 30.3 Å². The van der Waals surface area contributed by atoms with Crippen LogP contribution in [0.25, 0.3) is 0 Å². The van der Waals surface area contributed by atoms with E-state index in [-0.39, 0.29) is 5.91 Å². The average Bonchev–Trinajstić information content (AvgIpc) is 2.70. The van der Waals surface area contributed by atoms with Crippen molar-refractivity contribution in [1.29, 1.82) is 0 Å². The van der Waals surface area contributed by atoms with Gasteiger partial charge < -0.3 is 14.8 Å². The van der Waals surface area contributed by atoms with Gasteiger partial charge in [-0.05, 0) is 67.8 Å². The van der Waals surface area contributed by atoms with Gasteiger partial charge in [0.25, 0.3) is 5.91 Å². The molecule has 1 amide bonds. The summed E-state index contributed by atoms with van der Waals surface area (Å²) in [6.45, 7) is 6.30. The third kappa shape index (κ3) is 4.52. The largest absolute Gasteiger partial charge is 0.496 e. The van der Waals surface area contributed by atoms with E-state index in [1.54, 1.807) is 19.2 Å². The molecule has 0 aliphatic heterocycles. The van der Waals surface area contributed by atoms with Gasteiger partial charge in [-0.3, -0.25) is 4.79 Å². The topological polar surface area (TPSA) is 47.6 Å². The van der Waals surface area contributed by atoms with E-state index in [1.165, 1.54) is 0 Å². The lowest BCUT2D eigenvalue weighted by Crippen LogP contribution is -2.14. The van der Waals surface area contributed by atoms with Crippen LogP contribution in [0.1, 0.15) is 32.6 Å². The quantitative estimate of drug-likeness (QED) is 0.623. The first-order valence-corrected chi connectivity index (χ1v) is 9.22. The lowest BCUT2D eigenvalue weighted by Gasteiger charge is -2.14. The van der Waals surface area contributed by atoms with Crippen molar-refractivity contribution in [3.8, 4) is 11.5 Å². The van der Waals surface area contributed by atoms with Crippen LogP contribution in [0.3, 0.4) is 0 Å². The van der Waals surface area contributed by atoms with Gasteiger partial charge in [-0.15, -0.1) is 0 Å². The number of aryl methyl sites for hydroxylation is 3. The Labute approximate surface area is 166 Å². The first kappa shape index (κ1) is 19.5. The zero-order chi connectivity index (χ0) is 20.1. The third-order valence-electron chi connectivity index (χ3n) is 4.66. The van der Waals surface area contributed by atoms with Gasteiger partial charge in [-0.25, -0.2) is 0 Å². The van der Waals surface area contributed by atoms with E-state index in [9.17, 15) is 4.79 Å². The molecule has 144 valence electrons. The number of nitrogens with one attached hydrogen (secondary N) is 1. The molecular formula is C24H25NO3. The number of methoxy groups -OCH3 is 1. The number of rotatable bonds is 6. The molecule has 0 radical (unpaired) electrons. The van der Waals surface area contributed by atoms with Gasteiger partial charge >= 0.3 is 0 Å². The van der Waals surface area contributed by atoms with Gasteiger partial charge in [0.05, 0.1) is 7.11 Å². The number of hydrogen-bond donors (Lipinski definition) is 1.